The average Bonchev–Trinajstić information content (AvgIpc) is 3.38. The third kappa shape index (κ3) is 2.93. The molecular formula is C17H17F2N5O. The lowest BCUT2D eigenvalue weighted by Gasteiger charge is -2.12. The Balaban J connectivity index is 1.85. The van der Waals surface area contributed by atoms with E-state index in [2.05, 4.69) is 20.3 Å². The third-order valence-electron chi connectivity index (χ3n) is 4.20. The molecule has 0 amide bonds. The zero-order chi connectivity index (χ0) is 17.4. The molecule has 2 heterocycles. The van der Waals surface area contributed by atoms with E-state index in [4.69, 9.17) is 4.74 Å². The summed E-state index contributed by atoms with van der Waals surface area (Å²) < 4.78 is 34.4. The van der Waals surface area contributed by atoms with Crippen molar-refractivity contribution >= 4 is 16.9 Å². The first-order valence-corrected chi connectivity index (χ1v) is 8.09. The molecule has 2 aromatic heterocycles. The Morgan fingerprint density at radius 1 is 1.28 bits per heavy atom. The second-order valence-electron chi connectivity index (χ2n) is 6.00. The summed E-state index contributed by atoms with van der Waals surface area (Å²) in [4.78, 5) is 12.9. The molecule has 130 valence electrons. The lowest BCUT2D eigenvalue weighted by Crippen LogP contribution is -2.11. The van der Waals surface area contributed by atoms with Crippen molar-refractivity contribution in [2.24, 2.45) is 0 Å². The van der Waals surface area contributed by atoms with Crippen LogP contribution in [0.2, 0.25) is 0 Å². The van der Waals surface area contributed by atoms with Crippen LogP contribution in [-0.2, 0) is 4.74 Å². The highest BCUT2D eigenvalue weighted by molar-refractivity contribution is 5.83. The van der Waals surface area contributed by atoms with Crippen molar-refractivity contribution in [2.45, 2.75) is 18.9 Å². The number of methoxy groups -OCH3 is 1. The Morgan fingerprint density at radius 2 is 2.08 bits per heavy atom. The summed E-state index contributed by atoms with van der Waals surface area (Å²) in [6, 6.07) is 2.58. The number of anilines is 1. The highest BCUT2D eigenvalue weighted by atomic mass is 19.2. The number of ether oxygens (including phenoxy) is 1. The maximum absolute atomic E-state index is 13.7. The summed E-state index contributed by atoms with van der Waals surface area (Å²) in [5, 5.41) is 3.19. The molecule has 0 spiro atoms. The van der Waals surface area contributed by atoms with Gasteiger partial charge in [-0.05, 0) is 12.8 Å². The van der Waals surface area contributed by atoms with Gasteiger partial charge in [-0.3, -0.25) is 0 Å². The van der Waals surface area contributed by atoms with Gasteiger partial charge < -0.3 is 14.6 Å². The highest BCUT2D eigenvalue weighted by Gasteiger charge is 2.30. The standard InChI is InChI=1S/C17H17F2N5O/c1-25-5-4-21-16-11(8-20-9-22-16)17-23-14-6-12(18)13(19)7-15(14)24(17)10-2-3-10/h6-10H,2-5H2,1H3,(H,20,21,22). The quantitative estimate of drug-likeness (QED) is 0.695. The van der Waals surface area contributed by atoms with Crippen LogP contribution in [0, 0.1) is 11.6 Å². The first kappa shape index (κ1) is 15.9. The predicted molar refractivity (Wildman–Crippen MR) is 89.3 cm³/mol. The van der Waals surface area contributed by atoms with E-state index in [0.29, 0.717) is 41.4 Å². The molecule has 8 heteroatoms. The zero-order valence-electron chi connectivity index (χ0n) is 13.7. The Kier molecular flexibility index (Phi) is 4.04. The van der Waals surface area contributed by atoms with Crippen LogP contribution in [0.3, 0.4) is 0 Å². The molecule has 1 aromatic carbocycles. The van der Waals surface area contributed by atoms with E-state index in [1.807, 2.05) is 4.57 Å². The summed E-state index contributed by atoms with van der Waals surface area (Å²) in [6.45, 7) is 1.10. The van der Waals surface area contributed by atoms with Crippen molar-refractivity contribution in [3.05, 3.63) is 36.3 Å². The number of benzene rings is 1. The molecule has 6 nitrogen and oxygen atoms in total. The first-order valence-electron chi connectivity index (χ1n) is 8.09. The van der Waals surface area contributed by atoms with Crippen molar-refractivity contribution in [1.29, 1.82) is 0 Å². The van der Waals surface area contributed by atoms with Crippen molar-refractivity contribution in [3.8, 4) is 11.4 Å². The monoisotopic (exact) mass is 345 g/mol. The Labute approximate surface area is 142 Å². The minimum Gasteiger partial charge on any atom is -0.383 e. The Morgan fingerprint density at radius 3 is 2.84 bits per heavy atom. The molecule has 1 N–H and O–H groups in total. The van der Waals surface area contributed by atoms with Gasteiger partial charge in [-0.1, -0.05) is 0 Å². The van der Waals surface area contributed by atoms with Crippen molar-refractivity contribution in [1.82, 2.24) is 19.5 Å². The van der Waals surface area contributed by atoms with E-state index in [1.165, 1.54) is 12.4 Å². The van der Waals surface area contributed by atoms with Gasteiger partial charge >= 0.3 is 0 Å². The topological polar surface area (TPSA) is 64.9 Å². The zero-order valence-corrected chi connectivity index (χ0v) is 13.7. The number of halogens is 2. The molecule has 0 bridgehead atoms. The number of hydrogen-bond donors (Lipinski definition) is 1. The summed E-state index contributed by atoms with van der Waals surface area (Å²) in [6.07, 6.45) is 5.08. The fourth-order valence-corrected chi connectivity index (χ4v) is 2.89. The van der Waals surface area contributed by atoms with Crippen LogP contribution in [0.15, 0.2) is 24.7 Å². The van der Waals surface area contributed by atoms with E-state index in [9.17, 15) is 8.78 Å². The number of rotatable bonds is 6. The first-order chi connectivity index (χ1) is 12.2. The minimum absolute atomic E-state index is 0.233. The number of aromatic nitrogens is 4. The lowest BCUT2D eigenvalue weighted by atomic mass is 10.2. The van der Waals surface area contributed by atoms with Crippen LogP contribution >= 0.6 is 0 Å². The van der Waals surface area contributed by atoms with E-state index in [0.717, 1.165) is 18.9 Å². The van der Waals surface area contributed by atoms with Gasteiger partial charge in [-0.2, -0.15) is 0 Å². The Hall–Kier alpha value is -2.61. The number of fused-ring (bicyclic) bond motifs is 1. The van der Waals surface area contributed by atoms with Gasteiger partial charge in [0, 0.05) is 38.0 Å². The predicted octanol–water partition coefficient (Wildman–Crippen LogP) is 3.16. The van der Waals surface area contributed by atoms with Gasteiger partial charge in [0.2, 0.25) is 0 Å². The SMILES string of the molecule is COCCNc1ncncc1-c1nc2cc(F)c(F)cc2n1C1CC1. The van der Waals surface area contributed by atoms with Gasteiger partial charge in [0.15, 0.2) is 11.6 Å². The minimum atomic E-state index is -0.901. The molecule has 0 radical (unpaired) electrons. The number of nitrogens with one attached hydrogen (secondary N) is 1. The second-order valence-corrected chi connectivity index (χ2v) is 6.00. The molecule has 0 saturated heterocycles. The van der Waals surface area contributed by atoms with Crippen LogP contribution in [0.25, 0.3) is 22.4 Å². The van der Waals surface area contributed by atoms with Crippen molar-refractivity contribution in [3.63, 3.8) is 0 Å². The Bertz CT molecular complexity index is 923. The second kappa shape index (κ2) is 6.36. The molecule has 0 unspecified atom stereocenters. The summed E-state index contributed by atoms with van der Waals surface area (Å²) >= 11 is 0. The summed E-state index contributed by atoms with van der Waals surface area (Å²) in [5.74, 6) is -0.543. The fourth-order valence-electron chi connectivity index (χ4n) is 2.89. The van der Waals surface area contributed by atoms with Crippen molar-refractivity contribution in [2.75, 3.05) is 25.6 Å². The van der Waals surface area contributed by atoms with E-state index in [-0.39, 0.29) is 6.04 Å². The number of nitrogens with zero attached hydrogens (tertiary/aromatic N) is 4. The average molecular weight is 345 g/mol. The molecular weight excluding hydrogens is 328 g/mol. The van der Waals surface area contributed by atoms with Gasteiger partial charge in [-0.25, -0.2) is 23.7 Å². The van der Waals surface area contributed by atoms with Crippen LogP contribution < -0.4 is 5.32 Å². The molecule has 0 aliphatic heterocycles. The van der Waals surface area contributed by atoms with Gasteiger partial charge in [-0.15, -0.1) is 0 Å². The van der Waals surface area contributed by atoms with E-state index >= 15 is 0 Å². The van der Waals surface area contributed by atoms with E-state index < -0.39 is 11.6 Å². The third-order valence-corrected chi connectivity index (χ3v) is 4.20. The fraction of sp³-hybridized carbons (Fsp3) is 0.353. The van der Waals surface area contributed by atoms with Gasteiger partial charge in [0.1, 0.15) is 18.0 Å². The molecule has 25 heavy (non-hydrogen) atoms. The van der Waals surface area contributed by atoms with Crippen molar-refractivity contribution < 1.29 is 13.5 Å². The van der Waals surface area contributed by atoms with Crippen LogP contribution in [0.1, 0.15) is 18.9 Å². The van der Waals surface area contributed by atoms with E-state index in [1.54, 1.807) is 13.3 Å². The maximum atomic E-state index is 13.7. The molecule has 1 fully saturated rings. The number of imidazole rings is 1. The number of hydrogen-bond acceptors (Lipinski definition) is 5. The smallest absolute Gasteiger partial charge is 0.161 e. The molecule has 3 aromatic rings. The lowest BCUT2D eigenvalue weighted by molar-refractivity contribution is 0.210. The van der Waals surface area contributed by atoms with Gasteiger partial charge in [0.25, 0.3) is 0 Å². The highest BCUT2D eigenvalue weighted by Crippen LogP contribution is 2.42. The molecule has 1 saturated carbocycles. The summed E-state index contributed by atoms with van der Waals surface area (Å²) in [7, 11) is 1.62. The normalized spacial score (nSPS) is 14.2. The van der Waals surface area contributed by atoms with Crippen LogP contribution in [-0.4, -0.2) is 39.8 Å². The van der Waals surface area contributed by atoms with Crippen LogP contribution in [0.5, 0.6) is 0 Å². The molecule has 1 aliphatic carbocycles. The van der Waals surface area contributed by atoms with Gasteiger partial charge in [0.05, 0.1) is 23.2 Å². The molecule has 1 aliphatic rings. The van der Waals surface area contributed by atoms with Crippen LogP contribution in [0.4, 0.5) is 14.6 Å². The maximum Gasteiger partial charge on any atom is 0.161 e. The largest absolute Gasteiger partial charge is 0.383 e. The molecule has 0 atom stereocenters. The molecule has 4 rings (SSSR count). The summed E-state index contributed by atoms with van der Waals surface area (Å²) in [5.41, 5.74) is 1.71.